The lowest BCUT2D eigenvalue weighted by Gasteiger charge is -2.28. The lowest BCUT2D eigenvalue weighted by molar-refractivity contribution is -0.138. The van der Waals surface area contributed by atoms with Gasteiger partial charge in [-0.3, -0.25) is 9.59 Å². The van der Waals surface area contributed by atoms with Gasteiger partial charge in [0.15, 0.2) is 0 Å². The molecule has 1 amide bonds. The van der Waals surface area contributed by atoms with Crippen molar-refractivity contribution in [2.45, 2.75) is 45.6 Å². The summed E-state index contributed by atoms with van der Waals surface area (Å²) in [6.45, 7) is 3.66. The Bertz CT molecular complexity index is 518. The molecule has 1 N–H and O–H groups in total. The molecule has 0 heterocycles. The van der Waals surface area contributed by atoms with Crippen molar-refractivity contribution in [3.8, 4) is 0 Å². The molecule has 1 aromatic carbocycles. The van der Waals surface area contributed by atoms with Gasteiger partial charge in [0.05, 0.1) is 0 Å². The van der Waals surface area contributed by atoms with Crippen molar-refractivity contribution in [2.24, 2.45) is 0 Å². The molecule has 1 saturated carbocycles. The van der Waals surface area contributed by atoms with Crippen LogP contribution in [0.25, 0.3) is 0 Å². The van der Waals surface area contributed by atoms with Gasteiger partial charge >= 0.3 is 5.97 Å². The fraction of sp³-hybridized carbons (Fsp3) is 0.500. The molecule has 0 bridgehead atoms. The molecule has 0 aromatic heterocycles. The summed E-state index contributed by atoms with van der Waals surface area (Å²) in [6.07, 6.45) is 3.95. The maximum atomic E-state index is 12.7. The van der Waals surface area contributed by atoms with Gasteiger partial charge in [-0.1, -0.05) is 30.5 Å². The molecule has 1 fully saturated rings. The largest absolute Gasteiger partial charge is 0.480 e. The normalized spacial score (nSPS) is 15.3. The third-order valence-corrected chi connectivity index (χ3v) is 3.94. The molecule has 108 valence electrons. The van der Waals surface area contributed by atoms with Crippen LogP contribution in [0.15, 0.2) is 18.2 Å². The number of hydrogen-bond donors (Lipinski definition) is 1. The van der Waals surface area contributed by atoms with E-state index >= 15 is 0 Å². The average Bonchev–Trinajstić information content (AvgIpc) is 2.88. The van der Waals surface area contributed by atoms with Crippen molar-refractivity contribution in [1.82, 2.24) is 4.90 Å². The van der Waals surface area contributed by atoms with Crippen molar-refractivity contribution in [1.29, 1.82) is 0 Å². The maximum Gasteiger partial charge on any atom is 0.323 e. The van der Waals surface area contributed by atoms with E-state index < -0.39 is 5.97 Å². The Morgan fingerprint density at radius 3 is 2.45 bits per heavy atom. The molecule has 0 unspecified atom stereocenters. The molecule has 1 aliphatic carbocycles. The van der Waals surface area contributed by atoms with Gasteiger partial charge in [0, 0.05) is 11.6 Å². The highest BCUT2D eigenvalue weighted by Crippen LogP contribution is 2.25. The number of carboxylic acids is 1. The lowest BCUT2D eigenvalue weighted by atomic mass is 10.0. The molecule has 2 rings (SSSR count). The Morgan fingerprint density at radius 2 is 1.90 bits per heavy atom. The minimum atomic E-state index is -0.949. The van der Waals surface area contributed by atoms with E-state index in [-0.39, 0.29) is 18.5 Å². The van der Waals surface area contributed by atoms with Crippen molar-refractivity contribution in [2.75, 3.05) is 6.54 Å². The van der Waals surface area contributed by atoms with E-state index in [0.717, 1.165) is 36.8 Å². The number of carbonyl (C=O) groups excluding carboxylic acids is 1. The van der Waals surface area contributed by atoms with Crippen LogP contribution in [0.2, 0.25) is 0 Å². The maximum absolute atomic E-state index is 12.7. The molecule has 20 heavy (non-hydrogen) atoms. The first-order valence-electron chi connectivity index (χ1n) is 7.09. The summed E-state index contributed by atoms with van der Waals surface area (Å²) in [5.41, 5.74) is 2.62. The highest BCUT2D eigenvalue weighted by Gasteiger charge is 2.29. The Hall–Kier alpha value is -1.84. The quantitative estimate of drug-likeness (QED) is 0.919. The summed E-state index contributed by atoms with van der Waals surface area (Å²) in [5, 5.41) is 9.06. The number of hydrogen-bond acceptors (Lipinski definition) is 2. The van der Waals surface area contributed by atoms with Gasteiger partial charge in [-0.2, -0.15) is 0 Å². The van der Waals surface area contributed by atoms with Crippen molar-refractivity contribution in [3.05, 3.63) is 34.9 Å². The standard InChI is InChI=1S/C16H21NO3/c1-11-7-8-14(12(2)9-11)16(20)17(10-15(18)19)13-5-3-4-6-13/h7-9,13H,3-6,10H2,1-2H3,(H,18,19). The van der Waals surface area contributed by atoms with Gasteiger partial charge in [0.25, 0.3) is 5.91 Å². The molecule has 1 aliphatic rings. The highest BCUT2D eigenvalue weighted by atomic mass is 16.4. The van der Waals surface area contributed by atoms with Gasteiger partial charge in [0.2, 0.25) is 0 Å². The number of aryl methyl sites for hydroxylation is 2. The molecule has 0 spiro atoms. The minimum absolute atomic E-state index is 0.0688. The third-order valence-electron chi connectivity index (χ3n) is 3.94. The van der Waals surface area contributed by atoms with E-state index in [4.69, 9.17) is 5.11 Å². The number of carbonyl (C=O) groups is 2. The molecule has 0 saturated heterocycles. The van der Waals surface area contributed by atoms with Gasteiger partial charge in [0.1, 0.15) is 6.54 Å². The van der Waals surface area contributed by atoms with Crippen molar-refractivity contribution in [3.63, 3.8) is 0 Å². The second-order valence-corrected chi connectivity index (χ2v) is 5.58. The van der Waals surface area contributed by atoms with E-state index in [1.165, 1.54) is 4.90 Å². The zero-order chi connectivity index (χ0) is 14.7. The summed E-state index contributed by atoms with van der Waals surface area (Å²) in [5.74, 6) is -1.10. The summed E-state index contributed by atoms with van der Waals surface area (Å²) in [6, 6.07) is 5.73. The molecule has 0 radical (unpaired) electrons. The van der Waals surface area contributed by atoms with Crippen LogP contribution in [0.3, 0.4) is 0 Å². The van der Waals surface area contributed by atoms with E-state index in [9.17, 15) is 9.59 Å². The second-order valence-electron chi connectivity index (χ2n) is 5.58. The fourth-order valence-corrected chi connectivity index (χ4v) is 2.94. The predicted molar refractivity (Wildman–Crippen MR) is 76.8 cm³/mol. The zero-order valence-electron chi connectivity index (χ0n) is 12.1. The zero-order valence-corrected chi connectivity index (χ0v) is 12.1. The van der Waals surface area contributed by atoms with Gasteiger partial charge in [-0.15, -0.1) is 0 Å². The topological polar surface area (TPSA) is 57.6 Å². The van der Waals surface area contributed by atoms with E-state index in [1.807, 2.05) is 26.0 Å². The Kier molecular flexibility index (Phi) is 4.42. The van der Waals surface area contributed by atoms with Crippen LogP contribution >= 0.6 is 0 Å². The molecule has 1 aromatic rings. The lowest BCUT2D eigenvalue weighted by Crippen LogP contribution is -2.42. The van der Waals surface area contributed by atoms with Crippen LogP contribution in [0.5, 0.6) is 0 Å². The van der Waals surface area contributed by atoms with Crippen LogP contribution < -0.4 is 0 Å². The van der Waals surface area contributed by atoms with Crippen LogP contribution in [0.1, 0.15) is 47.2 Å². The fourth-order valence-electron chi connectivity index (χ4n) is 2.94. The van der Waals surface area contributed by atoms with Crippen LogP contribution in [0.4, 0.5) is 0 Å². The second kappa shape index (κ2) is 6.07. The van der Waals surface area contributed by atoms with Gasteiger partial charge in [-0.05, 0) is 38.3 Å². The van der Waals surface area contributed by atoms with Crippen LogP contribution in [-0.4, -0.2) is 34.5 Å². The average molecular weight is 275 g/mol. The number of benzene rings is 1. The molecule has 4 heteroatoms. The Balaban J connectivity index is 2.27. The number of rotatable bonds is 4. The summed E-state index contributed by atoms with van der Waals surface area (Å²) in [7, 11) is 0. The SMILES string of the molecule is Cc1ccc(C(=O)N(CC(=O)O)C2CCCC2)c(C)c1. The monoisotopic (exact) mass is 275 g/mol. The smallest absolute Gasteiger partial charge is 0.323 e. The number of nitrogens with zero attached hydrogens (tertiary/aromatic N) is 1. The summed E-state index contributed by atoms with van der Waals surface area (Å²) < 4.78 is 0. The predicted octanol–water partition coefficient (Wildman–Crippen LogP) is 2.77. The van der Waals surface area contributed by atoms with E-state index in [1.54, 1.807) is 6.07 Å². The van der Waals surface area contributed by atoms with Crippen LogP contribution in [0, 0.1) is 13.8 Å². The van der Waals surface area contributed by atoms with Gasteiger partial charge in [-0.25, -0.2) is 0 Å². The molecular weight excluding hydrogens is 254 g/mol. The first kappa shape index (κ1) is 14.6. The first-order valence-corrected chi connectivity index (χ1v) is 7.09. The summed E-state index contributed by atoms with van der Waals surface area (Å²) in [4.78, 5) is 25.2. The Morgan fingerprint density at radius 1 is 1.25 bits per heavy atom. The molecule has 0 aliphatic heterocycles. The minimum Gasteiger partial charge on any atom is -0.480 e. The highest BCUT2D eigenvalue weighted by molar-refractivity contribution is 5.97. The first-order chi connectivity index (χ1) is 9.49. The third kappa shape index (κ3) is 3.18. The van der Waals surface area contributed by atoms with Crippen molar-refractivity contribution < 1.29 is 14.7 Å². The van der Waals surface area contributed by atoms with Crippen molar-refractivity contribution >= 4 is 11.9 Å². The van der Waals surface area contributed by atoms with Crippen LogP contribution in [-0.2, 0) is 4.79 Å². The molecule has 4 nitrogen and oxygen atoms in total. The molecule has 0 atom stereocenters. The number of aliphatic carboxylic acids is 1. The number of carboxylic acid groups (broad SMARTS) is 1. The Labute approximate surface area is 119 Å². The number of amides is 1. The van der Waals surface area contributed by atoms with E-state index in [0.29, 0.717) is 5.56 Å². The molecular formula is C16H21NO3. The van der Waals surface area contributed by atoms with Gasteiger partial charge < -0.3 is 10.0 Å². The van der Waals surface area contributed by atoms with E-state index in [2.05, 4.69) is 0 Å². The summed E-state index contributed by atoms with van der Waals surface area (Å²) >= 11 is 0.